The molecule has 1 aromatic rings. The molecule has 184 valence electrons. The third-order valence-corrected chi connectivity index (χ3v) is 5.60. The molecule has 1 amide bonds. The normalized spacial score (nSPS) is 19.3. The van der Waals surface area contributed by atoms with Gasteiger partial charge in [-0.15, -0.1) is 0 Å². The summed E-state index contributed by atoms with van der Waals surface area (Å²) in [7, 11) is 2.71. The number of ether oxygens (including phenoxy) is 3. The summed E-state index contributed by atoms with van der Waals surface area (Å²) in [6.45, 7) is 8.08. The van der Waals surface area contributed by atoms with Crippen molar-refractivity contribution < 1.29 is 28.6 Å². The summed E-state index contributed by atoms with van der Waals surface area (Å²) in [6.07, 6.45) is 0.914. The smallest absolute Gasteiger partial charge is 0.408 e. The maximum atomic E-state index is 12.8. The Morgan fingerprint density at radius 1 is 1.12 bits per heavy atom. The lowest BCUT2D eigenvalue weighted by atomic mass is 9.96. The minimum Gasteiger partial charge on any atom is -0.468 e. The summed E-state index contributed by atoms with van der Waals surface area (Å²) in [4.78, 5) is 39.3. The Morgan fingerprint density at radius 2 is 1.79 bits per heavy atom. The lowest BCUT2D eigenvalue weighted by Crippen LogP contribution is -2.56. The molecule has 0 bridgehead atoms. The van der Waals surface area contributed by atoms with Gasteiger partial charge in [0.15, 0.2) is 0 Å². The summed E-state index contributed by atoms with van der Waals surface area (Å²) >= 11 is 0. The number of esters is 2. The minimum atomic E-state index is -0.666. The second-order valence-corrected chi connectivity index (χ2v) is 9.17. The van der Waals surface area contributed by atoms with Gasteiger partial charge in [-0.05, 0) is 52.6 Å². The fraction of sp³-hybridized carbons (Fsp3) is 0.625. The molecule has 4 atom stereocenters. The van der Waals surface area contributed by atoms with E-state index in [1.807, 2.05) is 35.2 Å². The van der Waals surface area contributed by atoms with Gasteiger partial charge < -0.3 is 24.8 Å². The fourth-order valence-electron chi connectivity index (χ4n) is 4.06. The van der Waals surface area contributed by atoms with E-state index in [4.69, 9.17) is 14.2 Å². The van der Waals surface area contributed by atoms with Crippen LogP contribution in [-0.2, 0) is 23.8 Å². The quantitative estimate of drug-likeness (QED) is 0.425. The van der Waals surface area contributed by atoms with Gasteiger partial charge in [-0.3, -0.25) is 14.5 Å². The first-order chi connectivity index (χ1) is 15.6. The molecule has 33 heavy (non-hydrogen) atoms. The second-order valence-electron chi connectivity index (χ2n) is 9.17. The van der Waals surface area contributed by atoms with Crippen LogP contribution in [0.2, 0.25) is 0 Å². The number of nitrogens with zero attached hydrogens (tertiary/aromatic N) is 1. The van der Waals surface area contributed by atoms with Crippen LogP contribution in [0.3, 0.4) is 0 Å². The van der Waals surface area contributed by atoms with E-state index in [0.717, 1.165) is 12.0 Å². The first-order valence-electron chi connectivity index (χ1n) is 11.3. The topological polar surface area (TPSA) is 106 Å². The molecule has 1 aliphatic heterocycles. The Kier molecular flexibility index (Phi) is 9.67. The second kappa shape index (κ2) is 12.0. The predicted molar refractivity (Wildman–Crippen MR) is 124 cm³/mol. The number of carbonyl (C=O) groups excluding carboxylic acids is 3. The van der Waals surface area contributed by atoms with E-state index < -0.39 is 35.8 Å². The van der Waals surface area contributed by atoms with Crippen LogP contribution in [0, 0.1) is 0 Å². The van der Waals surface area contributed by atoms with Gasteiger partial charge >= 0.3 is 18.0 Å². The molecule has 2 N–H and O–H groups in total. The maximum Gasteiger partial charge on any atom is 0.408 e. The molecule has 0 aromatic heterocycles. The van der Waals surface area contributed by atoms with Crippen molar-refractivity contribution in [2.24, 2.45) is 0 Å². The molecule has 0 unspecified atom stereocenters. The van der Waals surface area contributed by atoms with Crippen molar-refractivity contribution in [3.05, 3.63) is 35.9 Å². The van der Waals surface area contributed by atoms with Crippen LogP contribution >= 0.6 is 0 Å². The van der Waals surface area contributed by atoms with Crippen molar-refractivity contribution in [3.8, 4) is 0 Å². The Balaban J connectivity index is 2.41. The van der Waals surface area contributed by atoms with Crippen molar-refractivity contribution in [2.75, 3.05) is 27.3 Å². The van der Waals surface area contributed by atoms with Gasteiger partial charge in [-0.2, -0.15) is 0 Å². The Morgan fingerprint density at radius 3 is 2.36 bits per heavy atom. The van der Waals surface area contributed by atoms with Crippen molar-refractivity contribution in [2.45, 2.75) is 70.3 Å². The zero-order valence-corrected chi connectivity index (χ0v) is 20.4. The zero-order chi connectivity index (χ0) is 24.6. The lowest BCUT2D eigenvalue weighted by molar-refractivity contribution is -0.147. The van der Waals surface area contributed by atoms with Gasteiger partial charge in [0.2, 0.25) is 0 Å². The highest BCUT2D eigenvalue weighted by Crippen LogP contribution is 2.29. The van der Waals surface area contributed by atoms with Gasteiger partial charge in [0.25, 0.3) is 0 Å². The zero-order valence-electron chi connectivity index (χ0n) is 20.4. The van der Waals surface area contributed by atoms with Crippen LogP contribution in [0.5, 0.6) is 0 Å². The standard InChI is InChI=1S/C24H37N3O6/c1-16(21(28)31-5)25-15-19(27-14-10-13-18(27)22(29)32-6)20(17-11-8-7-9-12-17)26-23(30)33-24(2,3)4/h7-9,11-12,16,18-20,25H,10,13-15H2,1-6H3,(H,26,30)/t16-,18-,19-,20-/m0/s1. The first kappa shape index (κ1) is 26.6. The molecule has 1 aliphatic rings. The molecule has 2 rings (SSSR count). The largest absolute Gasteiger partial charge is 0.468 e. The van der Waals surface area contributed by atoms with Crippen LogP contribution < -0.4 is 10.6 Å². The minimum absolute atomic E-state index is 0.317. The predicted octanol–water partition coefficient (Wildman–Crippen LogP) is 2.41. The monoisotopic (exact) mass is 463 g/mol. The number of amides is 1. The van der Waals surface area contributed by atoms with E-state index in [9.17, 15) is 14.4 Å². The molecular weight excluding hydrogens is 426 g/mol. The summed E-state index contributed by atoms with van der Waals surface area (Å²) < 4.78 is 15.4. The van der Waals surface area contributed by atoms with E-state index in [0.29, 0.717) is 19.5 Å². The molecule has 0 aliphatic carbocycles. The van der Waals surface area contributed by atoms with Crippen LogP contribution in [0.1, 0.15) is 52.1 Å². The van der Waals surface area contributed by atoms with Gasteiger partial charge in [0.1, 0.15) is 17.7 Å². The van der Waals surface area contributed by atoms with Crippen LogP contribution in [-0.4, -0.2) is 74.0 Å². The van der Waals surface area contributed by atoms with Gasteiger partial charge in [-0.1, -0.05) is 30.3 Å². The SMILES string of the molecule is COC(=O)[C@H](C)NC[C@@H]([C@@H](NC(=O)OC(C)(C)C)c1ccccc1)N1CCC[C@H]1C(=O)OC. The molecule has 1 heterocycles. The lowest BCUT2D eigenvalue weighted by Gasteiger charge is -2.38. The number of carbonyl (C=O) groups is 3. The van der Waals surface area contributed by atoms with Gasteiger partial charge in [-0.25, -0.2) is 4.79 Å². The molecule has 1 saturated heterocycles. The molecular formula is C24H37N3O6. The molecule has 0 saturated carbocycles. The number of nitrogens with one attached hydrogen (secondary N) is 2. The van der Waals surface area contributed by atoms with Gasteiger partial charge in [0.05, 0.1) is 20.3 Å². The Labute approximate surface area is 196 Å². The number of rotatable bonds is 9. The van der Waals surface area contributed by atoms with Crippen molar-refractivity contribution >= 4 is 18.0 Å². The molecule has 9 heteroatoms. The summed E-state index contributed by atoms with van der Waals surface area (Å²) in [5, 5.41) is 6.20. The van der Waals surface area contributed by atoms with Crippen LogP contribution in [0.4, 0.5) is 4.79 Å². The average molecular weight is 464 g/mol. The number of likely N-dealkylation sites (tertiary alicyclic amines) is 1. The third-order valence-electron chi connectivity index (χ3n) is 5.60. The summed E-state index contributed by atoms with van der Waals surface area (Å²) in [5.74, 6) is -0.710. The number of hydrogen-bond donors (Lipinski definition) is 2. The first-order valence-corrected chi connectivity index (χ1v) is 11.3. The summed E-state index contributed by atoms with van der Waals surface area (Å²) in [6, 6.07) is 7.64. The van der Waals surface area contributed by atoms with Crippen LogP contribution in [0.15, 0.2) is 30.3 Å². The third kappa shape index (κ3) is 7.71. The summed E-state index contributed by atoms with van der Waals surface area (Å²) in [5.41, 5.74) is 0.192. The highest BCUT2D eigenvalue weighted by molar-refractivity contribution is 5.76. The Hall–Kier alpha value is -2.65. The molecule has 0 spiro atoms. The number of alkyl carbamates (subject to hydrolysis) is 1. The van der Waals surface area contributed by atoms with Crippen molar-refractivity contribution in [1.82, 2.24) is 15.5 Å². The molecule has 1 fully saturated rings. The number of benzene rings is 1. The van der Waals surface area contributed by atoms with Crippen LogP contribution in [0.25, 0.3) is 0 Å². The van der Waals surface area contributed by atoms with E-state index in [2.05, 4.69) is 10.6 Å². The number of hydrogen-bond acceptors (Lipinski definition) is 8. The molecule has 9 nitrogen and oxygen atoms in total. The van der Waals surface area contributed by atoms with E-state index >= 15 is 0 Å². The molecule has 1 aromatic carbocycles. The van der Waals surface area contributed by atoms with Gasteiger partial charge in [0, 0.05) is 12.6 Å². The van der Waals surface area contributed by atoms with E-state index in [-0.39, 0.29) is 12.0 Å². The molecule has 0 radical (unpaired) electrons. The highest BCUT2D eigenvalue weighted by atomic mass is 16.6. The van der Waals surface area contributed by atoms with Crippen molar-refractivity contribution in [1.29, 1.82) is 0 Å². The Bertz CT molecular complexity index is 795. The van der Waals surface area contributed by atoms with Crippen molar-refractivity contribution in [3.63, 3.8) is 0 Å². The average Bonchev–Trinajstić information content (AvgIpc) is 3.26. The highest BCUT2D eigenvalue weighted by Gasteiger charge is 2.41. The van der Waals surface area contributed by atoms with E-state index in [1.165, 1.54) is 14.2 Å². The van der Waals surface area contributed by atoms with E-state index in [1.54, 1.807) is 27.7 Å². The fourth-order valence-corrected chi connectivity index (χ4v) is 4.06. The maximum absolute atomic E-state index is 12.8. The number of methoxy groups -OCH3 is 2.